The molecule has 1 aromatic rings. The molecule has 0 amide bonds. The second kappa shape index (κ2) is 5.09. The number of aromatic nitrogens is 1. The van der Waals surface area contributed by atoms with Gasteiger partial charge in [-0.15, -0.1) is 11.3 Å². The van der Waals surface area contributed by atoms with Crippen molar-refractivity contribution in [3.05, 3.63) is 10.6 Å². The Morgan fingerprint density at radius 3 is 2.79 bits per heavy atom. The maximum absolute atomic E-state index is 11.6. The Labute approximate surface area is 117 Å². The van der Waals surface area contributed by atoms with E-state index in [1.165, 1.54) is 44.4 Å². The number of hydrogen-bond acceptors (Lipinski definition) is 6. The molecule has 1 atom stereocenters. The normalized spacial score (nSPS) is 29.3. The summed E-state index contributed by atoms with van der Waals surface area (Å²) in [5.41, 5.74) is 0.441. The molecule has 0 radical (unpaired) electrons. The molecule has 0 saturated carbocycles. The quantitative estimate of drug-likeness (QED) is 0.855. The molecular formula is C13H19N3O2S. The first-order valence-electron chi connectivity index (χ1n) is 6.72. The summed E-state index contributed by atoms with van der Waals surface area (Å²) in [6.45, 7) is 5.46. The first-order valence-corrected chi connectivity index (χ1v) is 7.53. The number of carbonyl (C=O) groups excluding carboxylic acids is 1. The van der Waals surface area contributed by atoms with Crippen LogP contribution in [0.25, 0.3) is 0 Å². The van der Waals surface area contributed by atoms with Gasteiger partial charge in [-0.25, -0.2) is 9.78 Å². The Bertz CT molecular complexity index is 480. The number of nitrogens with one attached hydrogen (secondary N) is 1. The lowest BCUT2D eigenvalue weighted by atomic mass is 9.84. The summed E-state index contributed by atoms with van der Waals surface area (Å²) in [6.07, 6.45) is 2.54. The minimum absolute atomic E-state index is 0.351. The molecule has 1 aromatic heterocycles. The smallest absolute Gasteiger partial charge is 0.357 e. The number of ether oxygens (including phenoxy) is 1. The molecule has 3 saturated heterocycles. The van der Waals surface area contributed by atoms with Gasteiger partial charge in [-0.05, 0) is 38.8 Å². The molecule has 3 aliphatic rings. The van der Waals surface area contributed by atoms with Gasteiger partial charge >= 0.3 is 5.97 Å². The summed E-state index contributed by atoms with van der Waals surface area (Å²) in [5, 5.41) is 4.35. The van der Waals surface area contributed by atoms with E-state index in [0.717, 1.165) is 22.5 Å². The van der Waals surface area contributed by atoms with E-state index >= 15 is 0 Å². The third kappa shape index (κ3) is 2.47. The second-order valence-electron chi connectivity index (χ2n) is 5.30. The van der Waals surface area contributed by atoms with Crippen molar-refractivity contribution in [1.82, 2.24) is 9.88 Å². The van der Waals surface area contributed by atoms with E-state index in [-0.39, 0.29) is 5.97 Å². The lowest BCUT2D eigenvalue weighted by Crippen LogP contribution is -2.53. The van der Waals surface area contributed by atoms with Gasteiger partial charge in [0, 0.05) is 17.5 Å². The molecule has 4 heterocycles. The fourth-order valence-electron chi connectivity index (χ4n) is 3.03. The summed E-state index contributed by atoms with van der Waals surface area (Å²) in [5.74, 6) is 0.395. The van der Waals surface area contributed by atoms with Gasteiger partial charge in [0.1, 0.15) is 0 Å². The molecule has 3 aliphatic heterocycles. The number of carbonyl (C=O) groups is 1. The van der Waals surface area contributed by atoms with E-state index < -0.39 is 0 Å². The summed E-state index contributed by atoms with van der Waals surface area (Å²) < 4.78 is 4.74. The Hall–Kier alpha value is -1.14. The molecule has 6 heteroatoms. The zero-order valence-electron chi connectivity index (χ0n) is 11.3. The van der Waals surface area contributed by atoms with Crippen LogP contribution in [0, 0.1) is 12.8 Å². The van der Waals surface area contributed by atoms with Gasteiger partial charge in [0.2, 0.25) is 0 Å². The van der Waals surface area contributed by atoms with Crippen molar-refractivity contribution in [2.24, 2.45) is 5.92 Å². The summed E-state index contributed by atoms with van der Waals surface area (Å²) in [4.78, 5) is 19.3. The summed E-state index contributed by atoms with van der Waals surface area (Å²) in [7, 11) is 1.39. The molecular weight excluding hydrogens is 262 g/mol. The minimum Gasteiger partial charge on any atom is -0.464 e. The number of methoxy groups -OCH3 is 1. The molecule has 2 bridgehead atoms. The highest BCUT2D eigenvalue weighted by Crippen LogP contribution is 2.31. The molecule has 1 N–H and O–H groups in total. The van der Waals surface area contributed by atoms with E-state index in [2.05, 4.69) is 15.2 Å². The lowest BCUT2D eigenvalue weighted by Gasteiger charge is -2.44. The molecule has 19 heavy (non-hydrogen) atoms. The van der Waals surface area contributed by atoms with Crippen LogP contribution in [0.15, 0.2) is 0 Å². The number of esters is 1. The zero-order valence-corrected chi connectivity index (χ0v) is 12.1. The predicted molar refractivity (Wildman–Crippen MR) is 74.8 cm³/mol. The van der Waals surface area contributed by atoms with Crippen molar-refractivity contribution in [2.45, 2.75) is 25.8 Å². The largest absolute Gasteiger partial charge is 0.464 e. The van der Waals surface area contributed by atoms with Crippen molar-refractivity contribution in [2.75, 3.05) is 32.1 Å². The van der Waals surface area contributed by atoms with Crippen LogP contribution in [0.1, 0.15) is 28.2 Å². The van der Waals surface area contributed by atoms with E-state index in [9.17, 15) is 4.79 Å². The molecule has 0 aromatic carbocycles. The van der Waals surface area contributed by atoms with Crippen LogP contribution in [0.2, 0.25) is 0 Å². The monoisotopic (exact) mass is 281 g/mol. The molecule has 4 rings (SSSR count). The summed E-state index contributed by atoms with van der Waals surface area (Å²) in [6, 6.07) is 0.471. The molecule has 0 aliphatic carbocycles. The van der Waals surface area contributed by atoms with Crippen LogP contribution >= 0.6 is 11.3 Å². The highest BCUT2D eigenvalue weighted by atomic mass is 32.1. The molecule has 104 valence electrons. The highest BCUT2D eigenvalue weighted by Gasteiger charge is 2.34. The number of hydrogen-bond donors (Lipinski definition) is 1. The number of anilines is 1. The second-order valence-corrected chi connectivity index (χ2v) is 6.51. The Kier molecular flexibility index (Phi) is 3.45. The number of nitrogens with zero attached hydrogens (tertiary/aromatic N) is 2. The Balaban J connectivity index is 1.72. The Morgan fingerprint density at radius 2 is 2.21 bits per heavy atom. The van der Waals surface area contributed by atoms with Crippen molar-refractivity contribution in [3.8, 4) is 0 Å². The van der Waals surface area contributed by atoms with Gasteiger partial charge in [0.25, 0.3) is 0 Å². The van der Waals surface area contributed by atoms with E-state index in [4.69, 9.17) is 4.74 Å². The first kappa shape index (κ1) is 12.9. The van der Waals surface area contributed by atoms with E-state index in [1.54, 1.807) is 0 Å². The third-order valence-electron chi connectivity index (χ3n) is 4.14. The van der Waals surface area contributed by atoms with Gasteiger partial charge in [0.15, 0.2) is 10.8 Å². The SMILES string of the molecule is COC(=O)c1nc(NC2CN3CCC2CC3)sc1C. The topological polar surface area (TPSA) is 54.5 Å². The molecule has 0 spiro atoms. The van der Waals surface area contributed by atoms with Gasteiger partial charge in [-0.1, -0.05) is 0 Å². The maximum atomic E-state index is 11.6. The minimum atomic E-state index is -0.351. The number of rotatable bonds is 3. The molecule has 3 fully saturated rings. The van der Waals surface area contributed by atoms with Crippen LogP contribution in [0.4, 0.5) is 5.13 Å². The molecule has 5 nitrogen and oxygen atoms in total. The predicted octanol–water partition coefficient (Wildman–Crippen LogP) is 1.74. The van der Waals surface area contributed by atoms with Crippen molar-refractivity contribution in [3.63, 3.8) is 0 Å². The Morgan fingerprint density at radius 1 is 1.47 bits per heavy atom. The van der Waals surface area contributed by atoms with Crippen LogP contribution in [-0.2, 0) is 4.74 Å². The number of aryl methyl sites for hydroxylation is 1. The number of piperidine rings is 3. The highest BCUT2D eigenvalue weighted by molar-refractivity contribution is 7.15. The average Bonchev–Trinajstić information content (AvgIpc) is 2.80. The standard InChI is InChI=1S/C13H19N3O2S/c1-8-11(12(17)18-2)15-13(19-8)14-10-7-16-5-3-9(10)4-6-16/h9-10H,3-7H2,1-2H3,(H,14,15). The molecule has 1 unspecified atom stereocenters. The van der Waals surface area contributed by atoms with Crippen LogP contribution in [0.3, 0.4) is 0 Å². The van der Waals surface area contributed by atoms with Crippen molar-refractivity contribution < 1.29 is 9.53 Å². The van der Waals surface area contributed by atoms with Crippen LogP contribution in [0.5, 0.6) is 0 Å². The lowest BCUT2D eigenvalue weighted by molar-refractivity contribution is 0.0594. The van der Waals surface area contributed by atoms with Crippen LogP contribution in [-0.4, -0.2) is 48.6 Å². The first-order chi connectivity index (χ1) is 9.17. The summed E-state index contributed by atoms with van der Waals surface area (Å²) >= 11 is 1.54. The fraction of sp³-hybridized carbons (Fsp3) is 0.692. The van der Waals surface area contributed by atoms with Crippen LogP contribution < -0.4 is 5.32 Å². The van der Waals surface area contributed by atoms with Crippen molar-refractivity contribution >= 4 is 22.4 Å². The van der Waals surface area contributed by atoms with E-state index in [0.29, 0.717) is 11.7 Å². The maximum Gasteiger partial charge on any atom is 0.357 e. The number of fused-ring (bicyclic) bond motifs is 3. The third-order valence-corrected chi connectivity index (χ3v) is 5.04. The van der Waals surface area contributed by atoms with Gasteiger partial charge < -0.3 is 15.0 Å². The van der Waals surface area contributed by atoms with Gasteiger partial charge in [-0.2, -0.15) is 0 Å². The fourth-order valence-corrected chi connectivity index (χ4v) is 3.89. The number of thiazole rings is 1. The zero-order chi connectivity index (χ0) is 13.4. The van der Waals surface area contributed by atoms with Crippen molar-refractivity contribution in [1.29, 1.82) is 0 Å². The van der Waals surface area contributed by atoms with Gasteiger partial charge in [0.05, 0.1) is 7.11 Å². The van der Waals surface area contributed by atoms with Gasteiger partial charge in [-0.3, -0.25) is 0 Å². The average molecular weight is 281 g/mol. The van der Waals surface area contributed by atoms with E-state index in [1.807, 2.05) is 6.92 Å².